The van der Waals surface area contributed by atoms with Crippen molar-refractivity contribution in [3.8, 4) is 0 Å². The van der Waals surface area contributed by atoms with Gasteiger partial charge in [0.15, 0.2) is 5.78 Å². The lowest BCUT2D eigenvalue weighted by Gasteiger charge is -2.10. The number of hydrogen-bond donors (Lipinski definition) is 0. The summed E-state index contributed by atoms with van der Waals surface area (Å²) in [5.41, 5.74) is 1.11. The van der Waals surface area contributed by atoms with Gasteiger partial charge in [0.1, 0.15) is 0 Å². The molecule has 0 aliphatic heterocycles. The third kappa shape index (κ3) is 1.84. The van der Waals surface area contributed by atoms with Crippen LogP contribution in [0.15, 0.2) is 17.5 Å². The summed E-state index contributed by atoms with van der Waals surface area (Å²) < 4.78 is 0. The molecule has 1 nitrogen and oxygen atoms in total. The third-order valence-electron chi connectivity index (χ3n) is 2.11. The Balaban J connectivity index is 2.36. The van der Waals surface area contributed by atoms with E-state index in [0.29, 0.717) is 6.42 Å². The predicted molar refractivity (Wildman–Crippen MR) is 56.2 cm³/mol. The quantitative estimate of drug-likeness (QED) is 0.696. The van der Waals surface area contributed by atoms with Crippen molar-refractivity contribution in [2.75, 3.05) is 0 Å². The van der Waals surface area contributed by atoms with Gasteiger partial charge < -0.3 is 0 Å². The molecular formula is C10H9ClOS. The van der Waals surface area contributed by atoms with Crippen LogP contribution in [-0.4, -0.2) is 5.78 Å². The second-order valence-corrected chi connectivity index (χ2v) is 4.41. The van der Waals surface area contributed by atoms with Gasteiger partial charge in [-0.2, -0.15) is 0 Å². The molecule has 1 heterocycles. The highest BCUT2D eigenvalue weighted by Gasteiger charge is 2.14. The Morgan fingerprint density at radius 2 is 2.23 bits per heavy atom. The first-order chi connectivity index (χ1) is 6.27. The standard InChI is InChI=1S/C10H9ClOS/c11-9-4-5-13-10(9)7-2-1-3-8(12)6-7/h4-6H,1-3H2. The number of ketones is 1. The van der Waals surface area contributed by atoms with Gasteiger partial charge in [0.05, 0.1) is 5.02 Å². The molecule has 2 rings (SSSR count). The van der Waals surface area contributed by atoms with Crippen LogP contribution in [0, 0.1) is 0 Å². The molecule has 3 heteroatoms. The summed E-state index contributed by atoms with van der Waals surface area (Å²) in [6, 6.07) is 1.88. The highest BCUT2D eigenvalue weighted by Crippen LogP contribution is 2.34. The number of hydrogen-bond acceptors (Lipinski definition) is 2. The fraction of sp³-hybridized carbons (Fsp3) is 0.300. The van der Waals surface area contributed by atoms with E-state index in [1.807, 2.05) is 11.4 Å². The van der Waals surface area contributed by atoms with Gasteiger partial charge in [0.25, 0.3) is 0 Å². The molecule has 0 amide bonds. The number of carbonyl (C=O) groups excluding carboxylic acids is 1. The molecule has 0 bridgehead atoms. The van der Waals surface area contributed by atoms with E-state index in [4.69, 9.17) is 11.6 Å². The van der Waals surface area contributed by atoms with Crippen molar-refractivity contribution >= 4 is 34.3 Å². The molecule has 68 valence electrons. The largest absolute Gasteiger partial charge is 0.295 e. The van der Waals surface area contributed by atoms with Crippen LogP contribution < -0.4 is 0 Å². The molecule has 0 saturated heterocycles. The van der Waals surface area contributed by atoms with Crippen LogP contribution in [0.5, 0.6) is 0 Å². The van der Waals surface area contributed by atoms with E-state index in [2.05, 4.69) is 0 Å². The number of thiophene rings is 1. The first kappa shape index (κ1) is 8.97. The van der Waals surface area contributed by atoms with Crippen molar-refractivity contribution in [3.63, 3.8) is 0 Å². The van der Waals surface area contributed by atoms with Gasteiger partial charge in [0.2, 0.25) is 0 Å². The minimum Gasteiger partial charge on any atom is -0.295 e. The molecule has 0 fully saturated rings. The summed E-state index contributed by atoms with van der Waals surface area (Å²) in [7, 11) is 0. The maximum atomic E-state index is 11.2. The molecule has 0 N–H and O–H groups in total. The van der Waals surface area contributed by atoms with E-state index in [1.165, 1.54) is 0 Å². The summed E-state index contributed by atoms with van der Waals surface area (Å²) in [5, 5.41) is 2.73. The second kappa shape index (κ2) is 3.64. The zero-order valence-corrected chi connectivity index (χ0v) is 8.62. The Morgan fingerprint density at radius 1 is 1.38 bits per heavy atom. The van der Waals surface area contributed by atoms with E-state index in [9.17, 15) is 4.79 Å². The van der Waals surface area contributed by atoms with Crippen LogP contribution in [0.4, 0.5) is 0 Å². The molecule has 1 aliphatic rings. The van der Waals surface area contributed by atoms with Gasteiger partial charge in [-0.1, -0.05) is 11.6 Å². The van der Waals surface area contributed by atoms with Crippen LogP contribution >= 0.6 is 22.9 Å². The molecular weight excluding hydrogens is 204 g/mol. The Hall–Kier alpha value is -0.600. The molecule has 0 radical (unpaired) electrons. The third-order valence-corrected chi connectivity index (χ3v) is 3.53. The predicted octanol–water partition coefficient (Wildman–Crippen LogP) is 3.54. The van der Waals surface area contributed by atoms with Crippen molar-refractivity contribution in [1.82, 2.24) is 0 Å². The fourth-order valence-electron chi connectivity index (χ4n) is 1.49. The lowest BCUT2D eigenvalue weighted by atomic mass is 9.98. The molecule has 1 aromatic rings. The van der Waals surface area contributed by atoms with Gasteiger partial charge in [-0.25, -0.2) is 0 Å². The average molecular weight is 213 g/mol. The molecule has 0 aromatic carbocycles. The molecule has 1 aromatic heterocycles. The molecule has 0 atom stereocenters. The van der Waals surface area contributed by atoms with Crippen molar-refractivity contribution in [2.45, 2.75) is 19.3 Å². The molecule has 0 spiro atoms. The topological polar surface area (TPSA) is 17.1 Å². The monoisotopic (exact) mass is 212 g/mol. The number of rotatable bonds is 1. The molecule has 0 saturated carbocycles. The van der Waals surface area contributed by atoms with Crippen LogP contribution in [0.2, 0.25) is 5.02 Å². The summed E-state index contributed by atoms with van der Waals surface area (Å²) in [6.45, 7) is 0. The lowest BCUT2D eigenvalue weighted by molar-refractivity contribution is -0.114. The zero-order valence-electron chi connectivity index (χ0n) is 7.05. The summed E-state index contributed by atoms with van der Waals surface area (Å²) in [4.78, 5) is 12.2. The Bertz CT molecular complexity index is 365. The molecule has 1 aliphatic carbocycles. The van der Waals surface area contributed by atoms with Gasteiger partial charge in [-0.05, 0) is 35.9 Å². The zero-order chi connectivity index (χ0) is 9.26. The second-order valence-electron chi connectivity index (χ2n) is 3.09. The summed E-state index contributed by atoms with van der Waals surface area (Å²) >= 11 is 7.58. The smallest absolute Gasteiger partial charge is 0.156 e. The van der Waals surface area contributed by atoms with Crippen LogP contribution in [0.25, 0.3) is 5.57 Å². The first-order valence-electron chi connectivity index (χ1n) is 4.24. The Kier molecular flexibility index (Phi) is 2.51. The number of halogens is 1. The van der Waals surface area contributed by atoms with E-state index < -0.39 is 0 Å². The van der Waals surface area contributed by atoms with Crippen molar-refractivity contribution in [1.29, 1.82) is 0 Å². The van der Waals surface area contributed by atoms with E-state index in [0.717, 1.165) is 28.3 Å². The van der Waals surface area contributed by atoms with Gasteiger partial charge >= 0.3 is 0 Å². The highest BCUT2D eigenvalue weighted by atomic mass is 35.5. The lowest BCUT2D eigenvalue weighted by Crippen LogP contribution is -2.01. The number of allylic oxidation sites excluding steroid dienone is 2. The minimum atomic E-state index is 0.228. The van der Waals surface area contributed by atoms with Gasteiger partial charge in [-0.15, -0.1) is 11.3 Å². The van der Waals surface area contributed by atoms with Crippen LogP contribution in [-0.2, 0) is 4.79 Å². The van der Waals surface area contributed by atoms with Crippen LogP contribution in [0.3, 0.4) is 0 Å². The average Bonchev–Trinajstić information content (AvgIpc) is 2.51. The Morgan fingerprint density at radius 3 is 2.85 bits per heavy atom. The molecule has 13 heavy (non-hydrogen) atoms. The van der Waals surface area contributed by atoms with Crippen LogP contribution in [0.1, 0.15) is 24.1 Å². The van der Waals surface area contributed by atoms with Gasteiger partial charge in [-0.3, -0.25) is 4.79 Å². The summed E-state index contributed by atoms with van der Waals surface area (Å²) in [6.07, 6.45) is 4.36. The number of carbonyl (C=O) groups is 1. The minimum absolute atomic E-state index is 0.228. The first-order valence-corrected chi connectivity index (χ1v) is 5.50. The van der Waals surface area contributed by atoms with E-state index in [1.54, 1.807) is 17.4 Å². The van der Waals surface area contributed by atoms with Crippen molar-refractivity contribution < 1.29 is 4.79 Å². The maximum absolute atomic E-state index is 11.2. The highest BCUT2D eigenvalue weighted by molar-refractivity contribution is 7.11. The SMILES string of the molecule is O=C1C=C(c2sccc2Cl)CCC1. The summed E-state index contributed by atoms with van der Waals surface area (Å²) in [5.74, 6) is 0.228. The van der Waals surface area contributed by atoms with E-state index in [-0.39, 0.29) is 5.78 Å². The molecule has 0 unspecified atom stereocenters. The van der Waals surface area contributed by atoms with Gasteiger partial charge in [0, 0.05) is 11.3 Å². The van der Waals surface area contributed by atoms with Crippen molar-refractivity contribution in [3.05, 3.63) is 27.4 Å². The normalized spacial score (nSPS) is 17.3. The van der Waals surface area contributed by atoms with E-state index >= 15 is 0 Å². The maximum Gasteiger partial charge on any atom is 0.156 e. The van der Waals surface area contributed by atoms with Crippen molar-refractivity contribution in [2.24, 2.45) is 0 Å². The Labute approximate surface area is 86.0 Å². The fourth-order valence-corrected chi connectivity index (χ4v) is 2.72.